The molecular formula is C49H53N5O12. The number of aromatic amines is 1. The third-order valence-corrected chi connectivity index (χ3v) is 10.7. The number of carboxylic acid groups (broad SMARTS) is 4. The highest BCUT2D eigenvalue weighted by Crippen LogP contribution is 2.22. The van der Waals surface area contributed by atoms with Gasteiger partial charge in [0.15, 0.2) is 0 Å². The van der Waals surface area contributed by atoms with Gasteiger partial charge in [-0.2, -0.15) is 0 Å². The Labute approximate surface area is 380 Å². The van der Waals surface area contributed by atoms with Crippen molar-refractivity contribution in [3.05, 3.63) is 142 Å². The number of nitrogens with one attached hydrogen (secondary N) is 5. The van der Waals surface area contributed by atoms with E-state index in [1.165, 1.54) is 36.4 Å². The van der Waals surface area contributed by atoms with E-state index in [1.807, 2.05) is 12.1 Å². The number of rotatable bonds is 22. The zero-order valence-electron chi connectivity index (χ0n) is 36.8. The predicted octanol–water partition coefficient (Wildman–Crippen LogP) is 5.07. The zero-order valence-corrected chi connectivity index (χ0v) is 36.8. The van der Waals surface area contributed by atoms with Crippen LogP contribution >= 0.6 is 0 Å². The molecule has 0 aliphatic carbocycles. The molecule has 17 heteroatoms. The Morgan fingerprint density at radius 3 is 1.26 bits per heavy atom. The van der Waals surface area contributed by atoms with Gasteiger partial charge in [0.1, 0.15) is 24.2 Å². The van der Waals surface area contributed by atoms with Gasteiger partial charge < -0.3 is 46.7 Å². The Kier molecular flexibility index (Phi) is 16.5. The van der Waals surface area contributed by atoms with Gasteiger partial charge >= 0.3 is 23.9 Å². The van der Waals surface area contributed by atoms with Gasteiger partial charge in [-0.1, -0.05) is 76.2 Å². The van der Waals surface area contributed by atoms with Gasteiger partial charge in [-0.3, -0.25) is 19.2 Å². The number of aromatic nitrogens is 1. The summed E-state index contributed by atoms with van der Waals surface area (Å²) < 4.78 is 0. The first kappa shape index (κ1) is 49.2. The molecule has 17 nitrogen and oxygen atoms in total. The van der Waals surface area contributed by atoms with Crippen molar-refractivity contribution in [2.75, 3.05) is 0 Å². The topological polar surface area (TPSA) is 281 Å². The molecule has 0 saturated carbocycles. The van der Waals surface area contributed by atoms with E-state index < -0.39 is 71.7 Å². The van der Waals surface area contributed by atoms with Crippen molar-refractivity contribution in [3.8, 4) is 0 Å². The number of carbonyl (C=O) groups is 8. The van der Waals surface area contributed by atoms with Crippen molar-refractivity contribution in [1.82, 2.24) is 26.3 Å². The molecule has 4 atom stereocenters. The van der Waals surface area contributed by atoms with E-state index in [0.29, 0.717) is 11.1 Å². The Hall–Kier alpha value is -7.82. The number of carbonyl (C=O) groups excluding carboxylic acids is 4. The maximum Gasteiger partial charge on any atom is 0.326 e. The molecule has 346 valence electrons. The number of para-hydroxylation sites is 1. The third-order valence-electron chi connectivity index (χ3n) is 10.7. The van der Waals surface area contributed by atoms with Crippen molar-refractivity contribution in [2.45, 2.75) is 84.0 Å². The highest BCUT2D eigenvalue weighted by Gasteiger charge is 2.28. The van der Waals surface area contributed by atoms with Crippen LogP contribution in [0.25, 0.3) is 10.9 Å². The van der Waals surface area contributed by atoms with E-state index >= 15 is 0 Å². The fourth-order valence-corrected chi connectivity index (χ4v) is 7.47. The highest BCUT2D eigenvalue weighted by molar-refractivity contribution is 6.03. The van der Waals surface area contributed by atoms with E-state index in [4.69, 9.17) is 0 Å². The number of hydrogen-bond donors (Lipinski definition) is 9. The predicted molar refractivity (Wildman–Crippen MR) is 242 cm³/mol. The molecule has 4 unspecified atom stereocenters. The number of hydrogen-bond acceptors (Lipinski definition) is 8. The lowest BCUT2D eigenvalue weighted by Gasteiger charge is -2.19. The van der Waals surface area contributed by atoms with Crippen molar-refractivity contribution in [1.29, 1.82) is 0 Å². The standard InChI is InChI=1S/C49H53N5O12/c1-26(2)14-38(46(59)60)51-42(55)31-17-29(18-32(22-31)43(56)52-39(47(61)62)15-27(3)4)16-30-19-33(44(57)53-40(48(63)64)21-28-10-6-5-7-11-28)23-34(20-30)45(58)54-41(49(65)66)24-35-25-50-37-13-9-8-12-36(35)37/h5-13,17-20,22-23,25-27,38-41,50H,14-16,21,24H2,1-4H3,(H,51,55)(H,52,56)(H,53,57)(H,54,58)(H,59,60)(H,61,62)(H,63,64)(H,65,66). The van der Waals surface area contributed by atoms with Crippen LogP contribution in [0.15, 0.2) is 97.2 Å². The number of carboxylic acids is 4. The SMILES string of the molecule is CC(C)CC(NC(=O)c1cc(Cc2cc(C(=O)NC(Cc3ccccc3)C(=O)O)cc(C(=O)NC(Cc3c[nH]c4ccccc34)C(=O)O)c2)cc(C(=O)NC(CC(C)C)C(=O)O)c1)C(=O)O. The fourth-order valence-electron chi connectivity index (χ4n) is 7.47. The monoisotopic (exact) mass is 903 g/mol. The summed E-state index contributed by atoms with van der Waals surface area (Å²) in [6, 6.07) is 18.2. The lowest BCUT2D eigenvalue weighted by molar-refractivity contribution is -0.140. The van der Waals surface area contributed by atoms with E-state index in [0.717, 1.165) is 10.9 Å². The summed E-state index contributed by atoms with van der Waals surface area (Å²) in [6.45, 7) is 7.11. The van der Waals surface area contributed by atoms with E-state index in [-0.39, 0.29) is 77.3 Å². The molecule has 0 spiro atoms. The number of H-pyrrole nitrogens is 1. The largest absolute Gasteiger partial charge is 0.480 e. The van der Waals surface area contributed by atoms with Gasteiger partial charge in [0.05, 0.1) is 0 Å². The number of benzene rings is 4. The normalized spacial score (nSPS) is 13.0. The maximum absolute atomic E-state index is 14.0. The van der Waals surface area contributed by atoms with Crippen LogP contribution in [-0.2, 0) is 38.4 Å². The minimum atomic E-state index is -1.44. The molecule has 0 saturated heterocycles. The van der Waals surface area contributed by atoms with Gasteiger partial charge in [0.2, 0.25) is 0 Å². The zero-order chi connectivity index (χ0) is 48.2. The second kappa shape index (κ2) is 22.2. The van der Waals surface area contributed by atoms with Crippen LogP contribution in [0.1, 0.15) is 104 Å². The van der Waals surface area contributed by atoms with Gasteiger partial charge in [-0.25, -0.2) is 19.2 Å². The smallest absolute Gasteiger partial charge is 0.326 e. The minimum Gasteiger partial charge on any atom is -0.480 e. The lowest BCUT2D eigenvalue weighted by atomic mass is 9.95. The second-order valence-electron chi connectivity index (χ2n) is 17.0. The molecule has 5 rings (SSSR count). The van der Waals surface area contributed by atoms with Gasteiger partial charge in [0, 0.05) is 52.2 Å². The summed E-state index contributed by atoms with van der Waals surface area (Å²) in [5.41, 5.74) is 1.80. The van der Waals surface area contributed by atoms with Crippen LogP contribution in [0.4, 0.5) is 0 Å². The molecule has 4 aromatic carbocycles. The number of amides is 4. The molecule has 0 aliphatic heterocycles. The summed E-state index contributed by atoms with van der Waals surface area (Å²) in [7, 11) is 0. The van der Waals surface area contributed by atoms with E-state index in [2.05, 4.69) is 26.3 Å². The first-order valence-corrected chi connectivity index (χ1v) is 21.3. The summed E-state index contributed by atoms with van der Waals surface area (Å²) >= 11 is 0. The first-order chi connectivity index (χ1) is 31.3. The lowest BCUT2D eigenvalue weighted by Crippen LogP contribution is -2.43. The van der Waals surface area contributed by atoms with Crippen LogP contribution in [0.5, 0.6) is 0 Å². The Morgan fingerprint density at radius 2 is 0.848 bits per heavy atom. The van der Waals surface area contributed by atoms with Gasteiger partial charge in [-0.05, 0) is 95.8 Å². The van der Waals surface area contributed by atoms with Crippen LogP contribution in [0.3, 0.4) is 0 Å². The average molecular weight is 904 g/mol. The van der Waals surface area contributed by atoms with Crippen molar-refractivity contribution in [3.63, 3.8) is 0 Å². The third kappa shape index (κ3) is 13.6. The minimum absolute atomic E-state index is 0.0808. The molecule has 0 bridgehead atoms. The average Bonchev–Trinajstić information content (AvgIpc) is 3.67. The molecular weight excluding hydrogens is 851 g/mol. The number of aliphatic carboxylic acids is 4. The molecule has 9 N–H and O–H groups in total. The Balaban J connectivity index is 1.56. The summed E-state index contributed by atoms with van der Waals surface area (Å²) in [4.78, 5) is 108. The van der Waals surface area contributed by atoms with Crippen LogP contribution in [0, 0.1) is 11.8 Å². The molecule has 0 aliphatic rings. The van der Waals surface area contributed by atoms with Gasteiger partial charge in [-0.15, -0.1) is 0 Å². The number of fused-ring (bicyclic) bond motifs is 1. The van der Waals surface area contributed by atoms with Crippen LogP contribution in [0.2, 0.25) is 0 Å². The van der Waals surface area contributed by atoms with Crippen molar-refractivity contribution < 1.29 is 58.8 Å². The summed E-state index contributed by atoms with van der Waals surface area (Å²) in [5.74, 6) is -8.96. The molecule has 0 radical (unpaired) electrons. The molecule has 4 amide bonds. The van der Waals surface area contributed by atoms with Gasteiger partial charge in [0.25, 0.3) is 23.6 Å². The van der Waals surface area contributed by atoms with Crippen molar-refractivity contribution >= 4 is 58.4 Å². The quantitative estimate of drug-likeness (QED) is 0.0441. The van der Waals surface area contributed by atoms with E-state index in [9.17, 15) is 58.8 Å². The maximum atomic E-state index is 14.0. The molecule has 5 aromatic rings. The van der Waals surface area contributed by atoms with Crippen LogP contribution in [-0.4, -0.2) is 97.1 Å². The summed E-state index contributed by atoms with van der Waals surface area (Å²) in [6.07, 6.45) is 1.42. The van der Waals surface area contributed by atoms with Crippen molar-refractivity contribution in [2.24, 2.45) is 11.8 Å². The van der Waals surface area contributed by atoms with E-state index in [1.54, 1.807) is 76.4 Å². The molecule has 1 heterocycles. The Morgan fingerprint density at radius 1 is 0.470 bits per heavy atom. The first-order valence-electron chi connectivity index (χ1n) is 21.3. The second-order valence-corrected chi connectivity index (χ2v) is 17.0. The summed E-state index contributed by atoms with van der Waals surface area (Å²) in [5, 5.41) is 50.8. The Bertz CT molecular complexity index is 2560. The highest BCUT2D eigenvalue weighted by atomic mass is 16.4. The molecule has 1 aromatic heterocycles. The van der Waals surface area contributed by atoms with Crippen LogP contribution < -0.4 is 21.3 Å². The molecule has 66 heavy (non-hydrogen) atoms. The fraction of sp³-hybridized carbons (Fsp3) is 0.306. The molecule has 0 fully saturated rings.